The molecule has 2 aromatic carbocycles. The van der Waals surface area contributed by atoms with Gasteiger partial charge in [-0.15, -0.1) is 11.3 Å². The molecule has 2 heterocycles. The van der Waals surface area contributed by atoms with Crippen LogP contribution in [0.1, 0.15) is 43.3 Å². The van der Waals surface area contributed by atoms with Gasteiger partial charge in [0.15, 0.2) is 11.6 Å². The molecule has 3 aromatic rings. The summed E-state index contributed by atoms with van der Waals surface area (Å²) in [5, 5.41) is 21.3. The van der Waals surface area contributed by atoms with Crippen molar-refractivity contribution >= 4 is 29.0 Å². The van der Waals surface area contributed by atoms with Crippen molar-refractivity contribution < 1.29 is 38.1 Å². The van der Waals surface area contributed by atoms with Crippen LogP contribution >= 0.6 is 11.3 Å². The summed E-state index contributed by atoms with van der Waals surface area (Å²) in [5.41, 5.74) is 0.489. The van der Waals surface area contributed by atoms with E-state index in [1.54, 1.807) is 43.9 Å². The van der Waals surface area contributed by atoms with Crippen molar-refractivity contribution in [2.45, 2.75) is 51.4 Å². The summed E-state index contributed by atoms with van der Waals surface area (Å²) in [6.07, 6.45) is -0.380. The van der Waals surface area contributed by atoms with Gasteiger partial charge in [-0.25, -0.2) is 18.4 Å². The Hall–Kier alpha value is -4.05. The molecule has 0 aliphatic carbocycles. The number of nitrogens with zero attached hydrogens (tertiary/aromatic N) is 2. The monoisotopic (exact) mass is 613 g/mol. The molecule has 0 bridgehead atoms. The van der Waals surface area contributed by atoms with Gasteiger partial charge in [0.25, 0.3) is 5.91 Å². The molecule has 9 nitrogen and oxygen atoms in total. The highest BCUT2D eigenvalue weighted by molar-refractivity contribution is 7.18. The average molecular weight is 614 g/mol. The number of hydrogen-bond donors (Lipinski definition) is 3. The summed E-state index contributed by atoms with van der Waals surface area (Å²) in [6, 6.07) is 9.63. The van der Waals surface area contributed by atoms with Gasteiger partial charge in [0.1, 0.15) is 24.1 Å². The molecule has 1 fully saturated rings. The Kier molecular flexibility index (Phi) is 10.0. The van der Waals surface area contributed by atoms with Gasteiger partial charge in [-0.2, -0.15) is 0 Å². The number of carbonyl (C=O) groups excluding carboxylic acids is 2. The molecule has 43 heavy (non-hydrogen) atoms. The van der Waals surface area contributed by atoms with Gasteiger partial charge in [0.2, 0.25) is 5.69 Å². The number of aliphatic hydroxyl groups excluding tert-OH is 2. The molecule has 2 atom stereocenters. The number of hydrogen-bond acceptors (Lipinski definition) is 7. The summed E-state index contributed by atoms with van der Waals surface area (Å²) in [7, 11) is 0. The average Bonchev–Trinajstić information content (AvgIpc) is 3.40. The molecule has 1 aromatic heterocycles. The standard InChI is InChI=1S/C31H33F2N3O6S/c1-31(2,3)42-30(40)35-20-6-5-11-36(15-20)29(39)27-14-22(18-7-9-25(34-4)23(32)12-18)28(43-27)19-8-10-26(24(33)13-19)41-17-21(38)16-37/h7-10,12-14,20-21,37-38H,5-6,11,15-17H2,1-3H3,(H,35,40)/t20-,21?/m1/s1. The zero-order valence-corrected chi connectivity index (χ0v) is 24.8. The number of alkyl carbamates (subject to hydrolysis) is 1. The highest BCUT2D eigenvalue weighted by Gasteiger charge is 2.29. The van der Waals surface area contributed by atoms with E-state index in [1.807, 2.05) is 0 Å². The van der Waals surface area contributed by atoms with E-state index in [4.69, 9.17) is 21.2 Å². The number of halogens is 2. The highest BCUT2D eigenvalue weighted by Crippen LogP contribution is 2.42. The molecule has 3 N–H and O–H groups in total. The maximum Gasteiger partial charge on any atom is 0.407 e. The van der Waals surface area contributed by atoms with Gasteiger partial charge in [0, 0.05) is 29.6 Å². The number of amides is 2. The van der Waals surface area contributed by atoms with Crippen LogP contribution in [0.15, 0.2) is 42.5 Å². The molecule has 1 aliphatic rings. The van der Waals surface area contributed by atoms with Crippen LogP contribution in [0.4, 0.5) is 19.3 Å². The number of likely N-dealkylation sites (tertiary alicyclic amines) is 1. The largest absolute Gasteiger partial charge is 0.488 e. The molecule has 0 spiro atoms. The molecule has 0 radical (unpaired) electrons. The third-order valence-corrected chi connectivity index (χ3v) is 7.76. The van der Waals surface area contributed by atoms with Crippen LogP contribution in [-0.4, -0.2) is 71.2 Å². The van der Waals surface area contributed by atoms with Crippen molar-refractivity contribution in [3.05, 3.63) is 70.4 Å². The Morgan fingerprint density at radius 3 is 2.53 bits per heavy atom. The molecular formula is C31H33F2N3O6S. The first kappa shape index (κ1) is 31.9. The van der Waals surface area contributed by atoms with E-state index < -0.39 is 36.0 Å². The SMILES string of the molecule is [C-]#[N+]c1ccc(-c2cc(C(=O)N3CCC[C@@H](NC(=O)OC(C)(C)C)C3)sc2-c2ccc(OCC(O)CO)c(F)c2)cc1F. The lowest BCUT2D eigenvalue weighted by Crippen LogP contribution is -2.50. The second-order valence-corrected chi connectivity index (χ2v) is 12.2. The molecule has 228 valence electrons. The number of thiophene rings is 1. The van der Waals surface area contributed by atoms with Crippen LogP contribution in [0.2, 0.25) is 0 Å². The van der Waals surface area contributed by atoms with Crippen molar-refractivity contribution in [2.24, 2.45) is 0 Å². The summed E-state index contributed by atoms with van der Waals surface area (Å²) in [6.45, 7) is 12.4. The molecule has 1 aliphatic heterocycles. The van der Waals surface area contributed by atoms with E-state index in [0.29, 0.717) is 45.8 Å². The van der Waals surface area contributed by atoms with Crippen molar-refractivity contribution in [1.29, 1.82) is 0 Å². The van der Waals surface area contributed by atoms with Crippen LogP contribution in [0.5, 0.6) is 5.75 Å². The quantitative estimate of drug-likeness (QED) is 0.278. The summed E-state index contributed by atoms with van der Waals surface area (Å²) in [4.78, 5) is 31.6. The summed E-state index contributed by atoms with van der Waals surface area (Å²) >= 11 is 1.12. The van der Waals surface area contributed by atoms with E-state index in [-0.39, 0.29) is 36.5 Å². The molecule has 1 unspecified atom stereocenters. The van der Waals surface area contributed by atoms with Gasteiger partial charge in [0.05, 0.1) is 18.1 Å². The Balaban J connectivity index is 1.64. The number of rotatable bonds is 8. The lowest BCUT2D eigenvalue weighted by atomic mass is 10.0. The van der Waals surface area contributed by atoms with E-state index in [0.717, 1.165) is 11.3 Å². The van der Waals surface area contributed by atoms with Crippen LogP contribution in [0.25, 0.3) is 26.4 Å². The molecule has 12 heteroatoms. The Bertz CT molecular complexity index is 1530. The fourth-order valence-corrected chi connectivity index (χ4v) is 5.74. The Morgan fingerprint density at radius 1 is 1.16 bits per heavy atom. The Labute approximate surface area is 252 Å². The highest BCUT2D eigenvalue weighted by atomic mass is 32.1. The zero-order valence-electron chi connectivity index (χ0n) is 24.0. The predicted octanol–water partition coefficient (Wildman–Crippen LogP) is 5.77. The fraction of sp³-hybridized carbons (Fsp3) is 0.387. The van der Waals surface area contributed by atoms with E-state index in [1.165, 1.54) is 24.3 Å². The number of piperidine rings is 1. The van der Waals surface area contributed by atoms with E-state index in [9.17, 15) is 19.1 Å². The molecular weight excluding hydrogens is 580 g/mol. The maximum atomic E-state index is 15.0. The normalized spacial score (nSPS) is 15.9. The fourth-order valence-electron chi connectivity index (χ4n) is 4.60. The predicted molar refractivity (Wildman–Crippen MR) is 158 cm³/mol. The van der Waals surface area contributed by atoms with Gasteiger partial charge >= 0.3 is 6.09 Å². The molecule has 1 saturated heterocycles. The first-order valence-electron chi connectivity index (χ1n) is 13.7. The van der Waals surface area contributed by atoms with Crippen LogP contribution in [0, 0.1) is 18.2 Å². The van der Waals surface area contributed by atoms with Gasteiger partial charge in [-0.3, -0.25) is 4.79 Å². The van der Waals surface area contributed by atoms with Gasteiger partial charge < -0.3 is 29.9 Å². The second kappa shape index (κ2) is 13.5. The van der Waals surface area contributed by atoms with Crippen molar-refractivity contribution in [1.82, 2.24) is 10.2 Å². The van der Waals surface area contributed by atoms with E-state index in [2.05, 4.69) is 10.2 Å². The Morgan fingerprint density at radius 2 is 1.88 bits per heavy atom. The number of carbonyl (C=O) groups is 2. The first-order chi connectivity index (χ1) is 20.4. The molecule has 4 rings (SSSR count). The lowest BCUT2D eigenvalue weighted by Gasteiger charge is -2.33. The lowest BCUT2D eigenvalue weighted by molar-refractivity contribution is 0.0453. The van der Waals surface area contributed by atoms with Crippen LogP contribution in [0.3, 0.4) is 0 Å². The van der Waals surface area contributed by atoms with Crippen LogP contribution < -0.4 is 10.1 Å². The minimum atomic E-state index is -1.17. The second-order valence-electron chi connectivity index (χ2n) is 11.2. The van der Waals surface area contributed by atoms with Crippen molar-refractivity contribution in [3.63, 3.8) is 0 Å². The number of benzene rings is 2. The van der Waals surface area contributed by atoms with Crippen molar-refractivity contribution in [2.75, 3.05) is 26.3 Å². The van der Waals surface area contributed by atoms with Gasteiger partial charge in [-0.1, -0.05) is 12.1 Å². The minimum absolute atomic E-state index is 0.130. The molecule has 0 saturated carbocycles. The van der Waals surface area contributed by atoms with Gasteiger partial charge in [-0.05, 0) is 75.1 Å². The maximum absolute atomic E-state index is 15.0. The smallest absolute Gasteiger partial charge is 0.407 e. The number of nitrogens with one attached hydrogen (secondary N) is 1. The summed E-state index contributed by atoms with van der Waals surface area (Å²) in [5.74, 6) is -1.86. The summed E-state index contributed by atoms with van der Waals surface area (Å²) < 4.78 is 40.3. The zero-order chi connectivity index (χ0) is 31.3. The molecule has 2 amide bonds. The van der Waals surface area contributed by atoms with Crippen LogP contribution in [-0.2, 0) is 4.74 Å². The number of aliphatic hydroxyl groups is 2. The van der Waals surface area contributed by atoms with Crippen molar-refractivity contribution in [3.8, 4) is 27.3 Å². The third-order valence-electron chi connectivity index (χ3n) is 6.59. The first-order valence-corrected chi connectivity index (χ1v) is 14.5. The van der Waals surface area contributed by atoms with E-state index >= 15 is 4.39 Å². The minimum Gasteiger partial charge on any atom is -0.488 e. The number of ether oxygens (including phenoxy) is 2. The third kappa shape index (κ3) is 8.07. The topological polar surface area (TPSA) is 113 Å².